The molecule has 0 N–H and O–H groups in total. The summed E-state index contributed by atoms with van der Waals surface area (Å²) in [7, 11) is 0. The van der Waals surface area contributed by atoms with Gasteiger partial charge in [0.1, 0.15) is 0 Å². The van der Waals surface area contributed by atoms with Crippen molar-refractivity contribution in [2.24, 2.45) is 0 Å². The Morgan fingerprint density at radius 2 is 1.05 bits per heavy atom. The molecule has 6 aromatic rings. The summed E-state index contributed by atoms with van der Waals surface area (Å²) in [6, 6.07) is 44.5. The first-order chi connectivity index (χ1) is 21.8. The quantitative estimate of drug-likeness (QED) is 0.203. The van der Waals surface area contributed by atoms with Crippen molar-refractivity contribution in [1.82, 2.24) is 15.0 Å². The Morgan fingerprint density at radius 1 is 0.500 bits per heavy atom. The predicted molar refractivity (Wildman–Crippen MR) is 176 cm³/mol. The van der Waals surface area contributed by atoms with Gasteiger partial charge in [0.15, 0.2) is 17.5 Å². The molecule has 3 aliphatic carbocycles. The van der Waals surface area contributed by atoms with Gasteiger partial charge < -0.3 is 0 Å². The van der Waals surface area contributed by atoms with Crippen molar-refractivity contribution in [3.8, 4) is 57.1 Å². The Balaban J connectivity index is 1.37. The topological polar surface area (TPSA) is 38.7 Å². The van der Waals surface area contributed by atoms with Crippen LogP contribution in [0.3, 0.4) is 0 Å². The van der Waals surface area contributed by atoms with Crippen LogP contribution in [0.2, 0.25) is 0 Å². The van der Waals surface area contributed by atoms with Gasteiger partial charge >= 0.3 is 0 Å². The minimum absolute atomic E-state index is 0.507. The summed E-state index contributed by atoms with van der Waals surface area (Å²) in [6.45, 7) is 0. The van der Waals surface area contributed by atoms with Gasteiger partial charge in [0.25, 0.3) is 0 Å². The van der Waals surface area contributed by atoms with E-state index in [1.54, 1.807) is 0 Å². The fourth-order valence-corrected chi connectivity index (χ4v) is 7.23. The van der Waals surface area contributed by atoms with Crippen molar-refractivity contribution in [1.29, 1.82) is 0 Å². The SMILES string of the molecule is C1#CC2=C(C=CC1)c1ccccc1C21c2ccccc2-c2c(-c3nc(-c4ccccc4)nc(-c4ccccc4)n3)cccc21. The van der Waals surface area contributed by atoms with Crippen LogP contribution in [0.15, 0.2) is 145 Å². The van der Waals surface area contributed by atoms with E-state index in [0.717, 1.165) is 34.2 Å². The second-order valence-electron chi connectivity index (χ2n) is 11.3. The number of benzene rings is 5. The molecule has 1 heterocycles. The number of aromatic nitrogens is 3. The largest absolute Gasteiger partial charge is 0.208 e. The van der Waals surface area contributed by atoms with Gasteiger partial charge in [-0.15, -0.1) is 0 Å². The molecular weight excluding hydrogens is 534 g/mol. The first kappa shape index (κ1) is 24.7. The Morgan fingerprint density at radius 3 is 1.75 bits per heavy atom. The lowest BCUT2D eigenvalue weighted by atomic mass is 9.69. The van der Waals surface area contributed by atoms with E-state index in [4.69, 9.17) is 15.0 Å². The van der Waals surface area contributed by atoms with Crippen molar-refractivity contribution in [3.63, 3.8) is 0 Å². The van der Waals surface area contributed by atoms with Gasteiger partial charge in [-0.1, -0.05) is 151 Å². The highest BCUT2D eigenvalue weighted by Crippen LogP contribution is 2.63. The Kier molecular flexibility index (Phi) is 5.39. The molecule has 3 heteroatoms. The van der Waals surface area contributed by atoms with Crippen LogP contribution in [0.5, 0.6) is 0 Å². The molecule has 0 aliphatic heterocycles. The van der Waals surface area contributed by atoms with Crippen LogP contribution in [0.4, 0.5) is 0 Å². The summed E-state index contributed by atoms with van der Waals surface area (Å²) < 4.78 is 0. The van der Waals surface area contributed by atoms with Gasteiger partial charge in [0.2, 0.25) is 0 Å². The van der Waals surface area contributed by atoms with E-state index in [1.807, 2.05) is 36.4 Å². The van der Waals surface area contributed by atoms with Crippen LogP contribution >= 0.6 is 0 Å². The number of nitrogens with zero attached hydrogens (tertiary/aromatic N) is 3. The van der Waals surface area contributed by atoms with E-state index in [9.17, 15) is 0 Å². The van der Waals surface area contributed by atoms with Gasteiger partial charge in [-0.25, -0.2) is 15.0 Å². The van der Waals surface area contributed by atoms with Crippen molar-refractivity contribution in [3.05, 3.63) is 167 Å². The standard InChI is InChI=1S/C41H25N3/c1-4-15-27(16-5-1)38-42-39(28-17-6-2-7-18-28)44-40(43-38)32-22-14-26-36-37(32)31-21-11-13-25-35(31)41(36)33-23-9-3-8-19-29(33)30-20-10-12-24-34(30)41/h1-2,4-8,10-22,24-26H,3H2. The molecular formula is C41H25N3. The summed E-state index contributed by atoms with van der Waals surface area (Å²) in [5.41, 5.74) is 12.1. The monoisotopic (exact) mass is 559 g/mol. The molecule has 1 atom stereocenters. The van der Waals surface area contributed by atoms with Gasteiger partial charge in [0.05, 0.1) is 5.41 Å². The second kappa shape index (κ2) is 9.59. The van der Waals surface area contributed by atoms with Gasteiger partial charge in [-0.05, 0) is 39.0 Å². The van der Waals surface area contributed by atoms with Gasteiger partial charge in [-0.3, -0.25) is 0 Å². The van der Waals surface area contributed by atoms with E-state index in [1.165, 1.54) is 33.4 Å². The minimum Gasteiger partial charge on any atom is -0.208 e. The average Bonchev–Trinajstić information content (AvgIpc) is 3.40. The highest BCUT2D eigenvalue weighted by molar-refractivity contribution is 6.01. The smallest absolute Gasteiger partial charge is 0.164 e. The van der Waals surface area contributed by atoms with Gasteiger partial charge in [0, 0.05) is 28.7 Å². The summed E-state index contributed by atoms with van der Waals surface area (Å²) in [5, 5.41) is 0. The molecule has 9 rings (SSSR count). The fraction of sp³-hybridized carbons (Fsp3) is 0.0488. The molecule has 1 aromatic heterocycles. The number of rotatable bonds is 3. The molecule has 0 fully saturated rings. The first-order valence-corrected chi connectivity index (χ1v) is 14.9. The van der Waals surface area contributed by atoms with E-state index < -0.39 is 5.41 Å². The molecule has 3 nitrogen and oxygen atoms in total. The van der Waals surface area contributed by atoms with Gasteiger partial charge in [-0.2, -0.15) is 0 Å². The van der Waals surface area contributed by atoms with Crippen LogP contribution in [-0.2, 0) is 5.41 Å². The fourth-order valence-electron chi connectivity index (χ4n) is 7.23. The molecule has 5 aromatic carbocycles. The average molecular weight is 560 g/mol. The van der Waals surface area contributed by atoms with E-state index in [-0.39, 0.29) is 0 Å². The van der Waals surface area contributed by atoms with Crippen LogP contribution in [0.1, 0.15) is 28.7 Å². The zero-order chi connectivity index (χ0) is 29.1. The number of fused-ring (bicyclic) bond motifs is 9. The minimum atomic E-state index is -0.507. The Hall–Kier alpha value is -5.85. The summed E-state index contributed by atoms with van der Waals surface area (Å²) >= 11 is 0. The lowest BCUT2D eigenvalue weighted by molar-refractivity contribution is 0.792. The zero-order valence-corrected chi connectivity index (χ0v) is 23.8. The first-order valence-electron chi connectivity index (χ1n) is 14.9. The van der Waals surface area contributed by atoms with E-state index in [2.05, 4.69) is 115 Å². The predicted octanol–water partition coefficient (Wildman–Crippen LogP) is 8.92. The maximum absolute atomic E-state index is 5.13. The third-order valence-corrected chi connectivity index (χ3v) is 8.99. The Labute approximate surface area is 256 Å². The third-order valence-electron chi connectivity index (χ3n) is 8.99. The van der Waals surface area contributed by atoms with Crippen LogP contribution in [-0.4, -0.2) is 15.0 Å². The third kappa shape index (κ3) is 3.43. The zero-order valence-electron chi connectivity index (χ0n) is 23.8. The van der Waals surface area contributed by atoms with Crippen molar-refractivity contribution >= 4 is 5.57 Å². The van der Waals surface area contributed by atoms with E-state index in [0.29, 0.717) is 17.5 Å². The van der Waals surface area contributed by atoms with Crippen molar-refractivity contribution in [2.45, 2.75) is 11.8 Å². The molecule has 0 saturated carbocycles. The number of hydrogen-bond donors (Lipinski definition) is 0. The maximum atomic E-state index is 5.13. The summed E-state index contributed by atoms with van der Waals surface area (Å²) in [6.07, 6.45) is 5.18. The lowest BCUT2D eigenvalue weighted by Gasteiger charge is -2.30. The highest BCUT2D eigenvalue weighted by Gasteiger charge is 2.53. The number of allylic oxidation sites excluding steroid dienone is 4. The number of hydrogen-bond acceptors (Lipinski definition) is 3. The molecule has 0 bridgehead atoms. The van der Waals surface area contributed by atoms with Crippen molar-refractivity contribution < 1.29 is 0 Å². The molecule has 44 heavy (non-hydrogen) atoms. The maximum Gasteiger partial charge on any atom is 0.164 e. The molecule has 3 aliphatic rings. The molecule has 1 spiro atoms. The van der Waals surface area contributed by atoms with Crippen LogP contribution in [0.25, 0.3) is 50.9 Å². The van der Waals surface area contributed by atoms with Crippen LogP contribution in [0, 0.1) is 11.8 Å². The van der Waals surface area contributed by atoms with Crippen LogP contribution < -0.4 is 0 Å². The second-order valence-corrected chi connectivity index (χ2v) is 11.3. The molecule has 204 valence electrons. The van der Waals surface area contributed by atoms with E-state index >= 15 is 0 Å². The normalized spacial score (nSPS) is 16.9. The lowest BCUT2D eigenvalue weighted by Crippen LogP contribution is -2.27. The Bertz CT molecular complexity index is 2190. The summed E-state index contributed by atoms with van der Waals surface area (Å²) in [5.74, 6) is 9.06. The van der Waals surface area contributed by atoms with Crippen molar-refractivity contribution in [2.75, 3.05) is 0 Å². The summed E-state index contributed by atoms with van der Waals surface area (Å²) in [4.78, 5) is 15.2. The molecule has 1 unspecified atom stereocenters. The molecule has 0 radical (unpaired) electrons. The molecule has 0 saturated heterocycles. The molecule has 0 amide bonds. The highest BCUT2D eigenvalue weighted by atomic mass is 15.0.